The average Bonchev–Trinajstić information content (AvgIpc) is 3.41. The summed E-state index contributed by atoms with van der Waals surface area (Å²) in [5.74, 6) is 0.789. The van der Waals surface area contributed by atoms with Crippen molar-refractivity contribution in [2.24, 2.45) is 0 Å². The van der Waals surface area contributed by atoms with Crippen LogP contribution in [0.5, 0.6) is 0 Å². The summed E-state index contributed by atoms with van der Waals surface area (Å²) in [4.78, 5) is 17.1. The van der Waals surface area contributed by atoms with E-state index in [0.717, 1.165) is 77.3 Å². The standard InChI is InChI=1S/C23H26N7/c1-4-18-10-22(28-15(2)27-18)21-13-25-23-20(21)9-16(11-24-23)17-12-26-30(14-17)19-5-7-29(3)8-6-19/h9-14,19H,3-8H2,1-2H3,(H,24,25)/q+1. The maximum Gasteiger partial charge on any atom is 0.144 e. The largest absolute Gasteiger partial charge is 0.345 e. The molecule has 4 aromatic heterocycles. The van der Waals surface area contributed by atoms with Crippen LogP contribution in [0.1, 0.15) is 37.3 Å². The monoisotopic (exact) mass is 400 g/mol. The molecule has 0 spiro atoms. The molecular weight excluding hydrogens is 374 g/mol. The van der Waals surface area contributed by atoms with Crippen molar-refractivity contribution in [2.75, 3.05) is 13.1 Å². The minimum Gasteiger partial charge on any atom is -0.345 e. The molecule has 1 saturated heterocycles. The molecule has 0 aliphatic carbocycles. The molecule has 0 saturated carbocycles. The third-order valence-electron chi connectivity index (χ3n) is 5.93. The van der Waals surface area contributed by atoms with E-state index in [1.54, 1.807) is 0 Å². The molecule has 7 heteroatoms. The van der Waals surface area contributed by atoms with Gasteiger partial charge in [0.05, 0.1) is 17.9 Å². The third kappa shape index (κ3) is 3.40. The molecule has 5 rings (SSSR count). The summed E-state index contributed by atoms with van der Waals surface area (Å²) in [5.41, 5.74) is 6.03. The Morgan fingerprint density at radius 3 is 2.80 bits per heavy atom. The quantitative estimate of drug-likeness (QED) is 0.529. The predicted octanol–water partition coefficient (Wildman–Crippen LogP) is 3.80. The summed E-state index contributed by atoms with van der Waals surface area (Å²) in [6, 6.07) is 4.68. The van der Waals surface area contributed by atoms with E-state index in [1.165, 1.54) is 0 Å². The number of H-pyrrole nitrogens is 1. The summed E-state index contributed by atoms with van der Waals surface area (Å²) in [6.07, 6.45) is 11.0. The van der Waals surface area contributed by atoms with Crippen molar-refractivity contribution >= 4 is 17.8 Å². The number of pyridine rings is 1. The van der Waals surface area contributed by atoms with Gasteiger partial charge in [-0.3, -0.25) is 4.68 Å². The molecule has 1 fully saturated rings. The molecule has 0 bridgehead atoms. The summed E-state index contributed by atoms with van der Waals surface area (Å²) in [7, 11) is 0. The first-order valence-electron chi connectivity index (χ1n) is 10.5. The Hall–Kier alpha value is -3.35. The Balaban J connectivity index is 1.51. The number of nitrogens with zero attached hydrogens (tertiary/aromatic N) is 6. The Bertz CT molecular complexity index is 1220. The molecule has 7 nitrogen and oxygen atoms in total. The SMILES string of the molecule is C=[N+]1CCC(n2cc(-c3cnc4[nH]cc(-c5cc(CC)nc(C)n5)c4c3)cn2)CC1. The van der Waals surface area contributed by atoms with Gasteiger partial charge in [0.1, 0.15) is 31.3 Å². The molecular formula is C23H26N7+. The fraction of sp³-hybridized carbons (Fsp3) is 0.348. The van der Waals surface area contributed by atoms with Crippen molar-refractivity contribution in [1.82, 2.24) is 29.7 Å². The fourth-order valence-electron chi connectivity index (χ4n) is 4.19. The van der Waals surface area contributed by atoms with E-state index < -0.39 is 0 Å². The van der Waals surface area contributed by atoms with Crippen molar-refractivity contribution in [2.45, 2.75) is 39.2 Å². The zero-order valence-electron chi connectivity index (χ0n) is 17.5. The normalized spacial score (nSPS) is 15.2. The van der Waals surface area contributed by atoms with Crippen LogP contribution in [0.4, 0.5) is 0 Å². The van der Waals surface area contributed by atoms with Crippen LogP contribution < -0.4 is 0 Å². The molecule has 5 heterocycles. The highest BCUT2D eigenvalue weighted by Gasteiger charge is 2.22. The highest BCUT2D eigenvalue weighted by atomic mass is 15.3. The average molecular weight is 401 g/mol. The van der Waals surface area contributed by atoms with Crippen molar-refractivity contribution in [1.29, 1.82) is 0 Å². The zero-order chi connectivity index (χ0) is 20.7. The zero-order valence-corrected chi connectivity index (χ0v) is 17.5. The summed E-state index contributed by atoms with van der Waals surface area (Å²) < 4.78 is 4.23. The second-order valence-electron chi connectivity index (χ2n) is 8.03. The number of fused-ring (bicyclic) bond motifs is 1. The summed E-state index contributed by atoms with van der Waals surface area (Å²) in [5, 5.41) is 5.71. The third-order valence-corrected chi connectivity index (χ3v) is 5.93. The predicted molar refractivity (Wildman–Crippen MR) is 118 cm³/mol. The van der Waals surface area contributed by atoms with Crippen LogP contribution in [0, 0.1) is 6.92 Å². The van der Waals surface area contributed by atoms with Crippen LogP contribution in [0.15, 0.2) is 36.9 Å². The number of piperidine rings is 1. The van der Waals surface area contributed by atoms with Gasteiger partial charge in [0, 0.05) is 59.2 Å². The van der Waals surface area contributed by atoms with Crippen LogP contribution in [-0.2, 0) is 6.42 Å². The molecule has 0 radical (unpaired) electrons. The Morgan fingerprint density at radius 2 is 2.00 bits per heavy atom. The fourth-order valence-corrected chi connectivity index (χ4v) is 4.19. The van der Waals surface area contributed by atoms with Gasteiger partial charge >= 0.3 is 0 Å². The van der Waals surface area contributed by atoms with Gasteiger partial charge in [-0.15, -0.1) is 0 Å². The highest BCUT2D eigenvalue weighted by molar-refractivity contribution is 5.94. The molecule has 152 valence electrons. The molecule has 1 aliphatic rings. The Kier molecular flexibility index (Phi) is 4.65. The van der Waals surface area contributed by atoms with Crippen LogP contribution in [-0.4, -0.2) is 54.1 Å². The first kappa shape index (κ1) is 18.7. The van der Waals surface area contributed by atoms with E-state index in [4.69, 9.17) is 0 Å². The second kappa shape index (κ2) is 7.48. The van der Waals surface area contributed by atoms with Gasteiger partial charge in [-0.05, 0) is 25.5 Å². The first-order chi connectivity index (χ1) is 14.6. The van der Waals surface area contributed by atoms with Crippen molar-refractivity contribution in [3.8, 4) is 22.4 Å². The van der Waals surface area contributed by atoms with Gasteiger partial charge in [0.2, 0.25) is 0 Å². The maximum atomic E-state index is 4.66. The van der Waals surface area contributed by atoms with Gasteiger partial charge in [0.15, 0.2) is 0 Å². The molecule has 1 N–H and O–H groups in total. The first-order valence-corrected chi connectivity index (χ1v) is 10.5. The van der Waals surface area contributed by atoms with Gasteiger partial charge < -0.3 is 4.98 Å². The number of hydrogen-bond acceptors (Lipinski definition) is 4. The maximum absolute atomic E-state index is 4.66. The highest BCUT2D eigenvalue weighted by Crippen LogP contribution is 2.31. The minimum absolute atomic E-state index is 0.438. The smallest absolute Gasteiger partial charge is 0.144 e. The van der Waals surface area contributed by atoms with Crippen LogP contribution in [0.3, 0.4) is 0 Å². The van der Waals surface area contributed by atoms with Crippen molar-refractivity contribution in [3.63, 3.8) is 0 Å². The number of aromatic nitrogens is 6. The van der Waals surface area contributed by atoms with E-state index in [-0.39, 0.29) is 0 Å². The summed E-state index contributed by atoms with van der Waals surface area (Å²) in [6.45, 7) is 10.1. The van der Waals surface area contributed by atoms with Crippen LogP contribution in [0.2, 0.25) is 0 Å². The molecule has 0 aromatic carbocycles. The minimum atomic E-state index is 0.438. The van der Waals surface area contributed by atoms with E-state index >= 15 is 0 Å². The Labute approximate surface area is 175 Å². The van der Waals surface area contributed by atoms with E-state index in [0.29, 0.717) is 6.04 Å². The van der Waals surface area contributed by atoms with Crippen LogP contribution in [0.25, 0.3) is 33.4 Å². The molecule has 0 amide bonds. The summed E-state index contributed by atoms with van der Waals surface area (Å²) >= 11 is 0. The topological polar surface area (TPSA) is 75.3 Å². The lowest BCUT2D eigenvalue weighted by molar-refractivity contribution is -0.531. The molecule has 30 heavy (non-hydrogen) atoms. The van der Waals surface area contributed by atoms with Crippen molar-refractivity contribution < 1.29 is 4.58 Å². The van der Waals surface area contributed by atoms with E-state index in [9.17, 15) is 0 Å². The lowest BCUT2D eigenvalue weighted by Gasteiger charge is -2.20. The number of aromatic amines is 1. The second-order valence-corrected chi connectivity index (χ2v) is 8.03. The molecule has 0 unspecified atom stereocenters. The van der Waals surface area contributed by atoms with Crippen molar-refractivity contribution in [3.05, 3.63) is 48.4 Å². The van der Waals surface area contributed by atoms with E-state index in [1.807, 2.05) is 25.5 Å². The lowest BCUT2D eigenvalue weighted by Crippen LogP contribution is -2.27. The van der Waals surface area contributed by atoms with Gasteiger partial charge in [-0.2, -0.15) is 5.10 Å². The molecule has 4 aromatic rings. The van der Waals surface area contributed by atoms with Crippen LogP contribution >= 0.6 is 0 Å². The number of hydrogen-bond donors (Lipinski definition) is 1. The molecule has 0 atom stereocenters. The Morgan fingerprint density at radius 1 is 1.17 bits per heavy atom. The lowest BCUT2D eigenvalue weighted by atomic mass is 10.1. The number of rotatable bonds is 4. The van der Waals surface area contributed by atoms with Gasteiger partial charge in [-0.1, -0.05) is 6.92 Å². The van der Waals surface area contributed by atoms with E-state index in [2.05, 4.69) is 66.3 Å². The number of aryl methyl sites for hydroxylation is 2. The molecule has 1 aliphatic heterocycles. The number of nitrogens with one attached hydrogen (secondary N) is 1. The van der Waals surface area contributed by atoms with Gasteiger partial charge in [-0.25, -0.2) is 19.5 Å². The van der Waals surface area contributed by atoms with Gasteiger partial charge in [0.25, 0.3) is 0 Å².